The van der Waals surface area contributed by atoms with Crippen molar-refractivity contribution < 1.29 is 14.3 Å². The lowest BCUT2D eigenvalue weighted by atomic mass is 10.1. The molecule has 2 aromatic rings. The number of amides is 1. The van der Waals surface area contributed by atoms with Gasteiger partial charge in [0.25, 0.3) is 0 Å². The van der Waals surface area contributed by atoms with Gasteiger partial charge < -0.3 is 14.8 Å². The molecule has 0 saturated heterocycles. The number of carbonyl (C=O) groups is 1. The van der Waals surface area contributed by atoms with Gasteiger partial charge in [0.05, 0.1) is 20.3 Å². The van der Waals surface area contributed by atoms with Crippen LogP contribution in [0.15, 0.2) is 30.3 Å². The van der Waals surface area contributed by atoms with Crippen LogP contribution < -0.4 is 14.8 Å². The van der Waals surface area contributed by atoms with Gasteiger partial charge in [-0.25, -0.2) is 0 Å². The Morgan fingerprint density at radius 1 is 1.11 bits per heavy atom. The molecule has 1 N–H and O–H groups in total. The molecule has 0 saturated carbocycles. The van der Waals surface area contributed by atoms with E-state index in [1.165, 1.54) is 17.5 Å². The number of benzene rings is 2. The third-order valence-corrected chi connectivity index (χ3v) is 5.67. The molecule has 0 spiro atoms. The number of nitrogens with one attached hydrogen (secondary N) is 1. The number of likely N-dealkylation sites (N-methyl/N-ethyl adjacent to an activating group) is 1. The molecule has 0 fully saturated rings. The molecule has 1 aliphatic rings. The molecule has 3 rings (SSSR count). The first kappa shape index (κ1) is 20.2. The average molecular weight is 383 g/mol. The second kappa shape index (κ2) is 8.65. The number of ether oxygens (including phenoxy) is 2. The van der Waals surface area contributed by atoms with E-state index in [1.807, 2.05) is 44.0 Å². The molecular weight excluding hydrogens is 352 g/mol. The van der Waals surface area contributed by atoms with Crippen LogP contribution >= 0.6 is 0 Å². The predicted molar refractivity (Wildman–Crippen MR) is 112 cm³/mol. The third-order valence-electron chi connectivity index (χ3n) is 5.67. The van der Waals surface area contributed by atoms with E-state index in [-0.39, 0.29) is 11.9 Å². The summed E-state index contributed by atoms with van der Waals surface area (Å²) in [5.74, 6) is 1.42. The van der Waals surface area contributed by atoms with Gasteiger partial charge in [-0.15, -0.1) is 0 Å². The van der Waals surface area contributed by atoms with Crippen molar-refractivity contribution in [3.8, 4) is 11.5 Å². The van der Waals surface area contributed by atoms with Crippen LogP contribution in [0.25, 0.3) is 0 Å². The van der Waals surface area contributed by atoms with Crippen molar-refractivity contribution in [3.63, 3.8) is 0 Å². The highest BCUT2D eigenvalue weighted by molar-refractivity contribution is 5.94. The lowest BCUT2D eigenvalue weighted by Gasteiger charge is -2.25. The van der Waals surface area contributed by atoms with E-state index in [2.05, 4.69) is 17.4 Å². The first-order chi connectivity index (χ1) is 13.4. The molecule has 0 bridgehead atoms. The fourth-order valence-corrected chi connectivity index (χ4v) is 3.70. The third kappa shape index (κ3) is 4.30. The highest BCUT2D eigenvalue weighted by Crippen LogP contribution is 2.31. The van der Waals surface area contributed by atoms with Gasteiger partial charge in [0, 0.05) is 12.2 Å². The Morgan fingerprint density at radius 3 is 2.50 bits per heavy atom. The van der Waals surface area contributed by atoms with Gasteiger partial charge in [0.15, 0.2) is 11.5 Å². The highest BCUT2D eigenvalue weighted by atomic mass is 16.5. The van der Waals surface area contributed by atoms with Gasteiger partial charge in [0.2, 0.25) is 5.91 Å². The SMILES string of the molecule is COc1cc(C)c(CN(C)[C@@H](C)C(=O)Nc2ccc3c(c2)CCC3)cc1OC. The second-order valence-corrected chi connectivity index (χ2v) is 7.55. The molecule has 5 heteroatoms. The summed E-state index contributed by atoms with van der Waals surface area (Å²) in [6.07, 6.45) is 3.46. The summed E-state index contributed by atoms with van der Waals surface area (Å²) in [6.45, 7) is 4.62. The van der Waals surface area contributed by atoms with E-state index in [0.29, 0.717) is 18.0 Å². The van der Waals surface area contributed by atoms with Gasteiger partial charge in [-0.1, -0.05) is 6.07 Å². The molecule has 1 amide bonds. The molecule has 1 aliphatic carbocycles. The van der Waals surface area contributed by atoms with Crippen molar-refractivity contribution in [1.29, 1.82) is 0 Å². The maximum Gasteiger partial charge on any atom is 0.241 e. The quantitative estimate of drug-likeness (QED) is 0.788. The van der Waals surface area contributed by atoms with E-state index in [0.717, 1.165) is 29.7 Å². The van der Waals surface area contributed by atoms with Crippen LogP contribution in [-0.4, -0.2) is 38.1 Å². The predicted octanol–water partition coefficient (Wildman–Crippen LogP) is 3.96. The van der Waals surface area contributed by atoms with Crippen LogP contribution in [0.5, 0.6) is 11.5 Å². The van der Waals surface area contributed by atoms with Crippen LogP contribution in [0.4, 0.5) is 5.69 Å². The molecule has 1 atom stereocenters. The summed E-state index contributed by atoms with van der Waals surface area (Å²) < 4.78 is 10.8. The molecule has 5 nitrogen and oxygen atoms in total. The number of nitrogens with zero attached hydrogens (tertiary/aromatic N) is 1. The molecular formula is C23H30N2O3. The van der Waals surface area contributed by atoms with Crippen LogP contribution in [0.2, 0.25) is 0 Å². The highest BCUT2D eigenvalue weighted by Gasteiger charge is 2.20. The van der Waals surface area contributed by atoms with Crippen molar-refractivity contribution in [2.24, 2.45) is 0 Å². The van der Waals surface area contributed by atoms with Crippen molar-refractivity contribution in [2.45, 2.75) is 45.7 Å². The molecule has 0 heterocycles. The van der Waals surface area contributed by atoms with Crippen LogP contribution in [0, 0.1) is 6.92 Å². The smallest absolute Gasteiger partial charge is 0.241 e. The normalized spacial score (nSPS) is 13.9. The fourth-order valence-electron chi connectivity index (χ4n) is 3.70. The number of aryl methyl sites for hydroxylation is 3. The van der Waals surface area contributed by atoms with Gasteiger partial charge in [0.1, 0.15) is 0 Å². The first-order valence-corrected chi connectivity index (χ1v) is 9.77. The Morgan fingerprint density at radius 2 is 1.79 bits per heavy atom. The van der Waals surface area contributed by atoms with Crippen molar-refractivity contribution >= 4 is 11.6 Å². The number of hydrogen-bond acceptors (Lipinski definition) is 4. The maximum absolute atomic E-state index is 12.8. The lowest BCUT2D eigenvalue weighted by Crippen LogP contribution is -2.39. The van der Waals surface area contributed by atoms with Crippen molar-refractivity contribution in [2.75, 3.05) is 26.6 Å². The number of carbonyl (C=O) groups excluding carboxylic acids is 1. The summed E-state index contributed by atoms with van der Waals surface area (Å²) >= 11 is 0. The number of fused-ring (bicyclic) bond motifs is 1. The summed E-state index contributed by atoms with van der Waals surface area (Å²) in [4.78, 5) is 14.8. The average Bonchev–Trinajstić information content (AvgIpc) is 3.16. The van der Waals surface area contributed by atoms with E-state index in [4.69, 9.17) is 9.47 Å². The van der Waals surface area contributed by atoms with Gasteiger partial charge in [-0.05, 0) is 86.7 Å². The monoisotopic (exact) mass is 382 g/mol. The number of anilines is 1. The Bertz CT molecular complexity index is 863. The summed E-state index contributed by atoms with van der Waals surface area (Å²) in [7, 11) is 5.23. The number of rotatable bonds is 7. The standard InChI is InChI=1S/C23H30N2O3/c1-15-11-21(27-4)22(28-5)13-19(15)14-25(3)16(2)23(26)24-20-10-9-17-7-6-8-18(17)12-20/h9-13,16H,6-8,14H2,1-5H3,(H,24,26)/t16-/m0/s1. The minimum Gasteiger partial charge on any atom is -0.493 e. The van der Waals surface area contributed by atoms with E-state index in [1.54, 1.807) is 14.2 Å². The maximum atomic E-state index is 12.8. The zero-order valence-electron chi connectivity index (χ0n) is 17.5. The summed E-state index contributed by atoms with van der Waals surface area (Å²) in [6, 6.07) is 9.95. The Labute approximate surface area is 167 Å². The zero-order valence-corrected chi connectivity index (χ0v) is 17.5. The first-order valence-electron chi connectivity index (χ1n) is 9.77. The van der Waals surface area contributed by atoms with Crippen LogP contribution in [-0.2, 0) is 24.2 Å². The molecule has 0 unspecified atom stereocenters. The molecule has 2 aromatic carbocycles. The zero-order chi connectivity index (χ0) is 20.3. The number of hydrogen-bond donors (Lipinski definition) is 1. The molecule has 0 aromatic heterocycles. The minimum atomic E-state index is -0.263. The van der Waals surface area contributed by atoms with Gasteiger partial charge >= 0.3 is 0 Å². The minimum absolute atomic E-state index is 0.00132. The Balaban J connectivity index is 1.67. The second-order valence-electron chi connectivity index (χ2n) is 7.55. The van der Waals surface area contributed by atoms with Gasteiger partial charge in [-0.3, -0.25) is 9.69 Å². The molecule has 0 radical (unpaired) electrons. The molecule has 0 aliphatic heterocycles. The van der Waals surface area contributed by atoms with Crippen molar-refractivity contribution in [3.05, 3.63) is 52.6 Å². The topological polar surface area (TPSA) is 50.8 Å². The van der Waals surface area contributed by atoms with Crippen LogP contribution in [0.1, 0.15) is 35.6 Å². The molecule has 28 heavy (non-hydrogen) atoms. The summed E-state index contributed by atoms with van der Waals surface area (Å²) in [5.41, 5.74) is 5.87. The van der Waals surface area contributed by atoms with Crippen molar-refractivity contribution in [1.82, 2.24) is 4.90 Å². The Hall–Kier alpha value is -2.53. The van der Waals surface area contributed by atoms with E-state index < -0.39 is 0 Å². The fraction of sp³-hybridized carbons (Fsp3) is 0.435. The van der Waals surface area contributed by atoms with Gasteiger partial charge in [-0.2, -0.15) is 0 Å². The summed E-state index contributed by atoms with van der Waals surface area (Å²) in [5, 5.41) is 3.07. The van der Waals surface area contributed by atoms with E-state index in [9.17, 15) is 4.79 Å². The number of methoxy groups -OCH3 is 2. The van der Waals surface area contributed by atoms with Crippen LogP contribution in [0.3, 0.4) is 0 Å². The Kier molecular flexibility index (Phi) is 6.25. The largest absolute Gasteiger partial charge is 0.493 e. The van der Waals surface area contributed by atoms with E-state index >= 15 is 0 Å². The lowest BCUT2D eigenvalue weighted by molar-refractivity contribution is -0.120. The molecule has 150 valence electrons.